The van der Waals surface area contributed by atoms with E-state index in [-0.39, 0.29) is 0 Å². The van der Waals surface area contributed by atoms with Crippen LogP contribution in [0.1, 0.15) is 16.1 Å². The molecule has 1 N–H and O–H groups in total. The van der Waals surface area contributed by atoms with Crippen molar-refractivity contribution in [3.05, 3.63) is 32.4 Å². The molecule has 2 aromatic rings. The molecular weight excluding hydrogens is 314 g/mol. The molecule has 0 aliphatic heterocycles. The third-order valence-electron chi connectivity index (χ3n) is 2.86. The van der Waals surface area contributed by atoms with Crippen molar-refractivity contribution in [2.45, 2.75) is 24.9 Å². The van der Waals surface area contributed by atoms with Gasteiger partial charge in [-0.3, -0.25) is 0 Å². The van der Waals surface area contributed by atoms with E-state index in [9.17, 15) is 8.42 Å². The Morgan fingerprint density at radius 1 is 1.40 bits per heavy atom. The fourth-order valence-electron chi connectivity index (χ4n) is 1.90. The van der Waals surface area contributed by atoms with E-state index in [2.05, 4.69) is 10.3 Å². The number of sulfonamides is 1. The van der Waals surface area contributed by atoms with Gasteiger partial charge in [-0.05, 0) is 24.9 Å². The van der Waals surface area contributed by atoms with Gasteiger partial charge >= 0.3 is 0 Å². The van der Waals surface area contributed by atoms with Crippen molar-refractivity contribution in [1.29, 1.82) is 0 Å². The maximum absolute atomic E-state index is 12.7. The Balaban J connectivity index is 2.32. The Bertz CT molecular complexity index is 662. The summed E-state index contributed by atoms with van der Waals surface area (Å²) in [6.07, 6.45) is 0. The molecule has 110 valence electrons. The molecule has 0 saturated heterocycles. The van der Waals surface area contributed by atoms with Gasteiger partial charge in [0.15, 0.2) is 0 Å². The molecule has 0 amide bonds. The van der Waals surface area contributed by atoms with E-state index >= 15 is 0 Å². The molecule has 20 heavy (non-hydrogen) atoms. The minimum Gasteiger partial charge on any atom is -0.315 e. The number of aryl methyl sites for hydroxylation is 1. The van der Waals surface area contributed by atoms with Crippen LogP contribution in [0, 0.1) is 6.92 Å². The third kappa shape index (κ3) is 3.09. The molecule has 0 bridgehead atoms. The van der Waals surface area contributed by atoms with Crippen LogP contribution in [-0.2, 0) is 23.1 Å². The molecule has 2 aromatic heterocycles. The van der Waals surface area contributed by atoms with Gasteiger partial charge in [0.2, 0.25) is 10.0 Å². The molecule has 0 aromatic carbocycles. The number of thiophene rings is 1. The van der Waals surface area contributed by atoms with E-state index in [1.807, 2.05) is 24.7 Å². The van der Waals surface area contributed by atoms with Gasteiger partial charge in [0.05, 0.1) is 17.7 Å². The second kappa shape index (κ2) is 6.31. The molecule has 0 fully saturated rings. The molecule has 0 atom stereocenters. The highest BCUT2D eigenvalue weighted by Crippen LogP contribution is 2.29. The highest BCUT2D eigenvalue weighted by Gasteiger charge is 2.27. The summed E-state index contributed by atoms with van der Waals surface area (Å²) in [6, 6.07) is 0. The fraction of sp³-hybridized carbons (Fsp3) is 0.417. The molecule has 0 aliphatic carbocycles. The summed E-state index contributed by atoms with van der Waals surface area (Å²) in [5.74, 6) is 0. The normalized spacial score (nSPS) is 12.2. The van der Waals surface area contributed by atoms with Crippen LogP contribution in [0.25, 0.3) is 0 Å². The Kier molecular flexibility index (Phi) is 4.92. The van der Waals surface area contributed by atoms with Crippen molar-refractivity contribution in [1.82, 2.24) is 14.6 Å². The molecule has 5 nitrogen and oxygen atoms in total. The van der Waals surface area contributed by atoms with Crippen molar-refractivity contribution in [3.8, 4) is 0 Å². The van der Waals surface area contributed by atoms with Crippen LogP contribution in [0.15, 0.2) is 21.2 Å². The maximum Gasteiger partial charge on any atom is 0.244 e. The molecule has 2 rings (SSSR count). The second-order valence-corrected chi connectivity index (χ2v) is 8.11. The molecule has 0 unspecified atom stereocenters. The van der Waals surface area contributed by atoms with Crippen LogP contribution in [0.3, 0.4) is 0 Å². The van der Waals surface area contributed by atoms with E-state index in [0.29, 0.717) is 18.0 Å². The topological polar surface area (TPSA) is 62.3 Å². The van der Waals surface area contributed by atoms with Crippen LogP contribution >= 0.6 is 22.7 Å². The van der Waals surface area contributed by atoms with E-state index in [4.69, 9.17) is 0 Å². The standard InChI is InChI=1S/C12H17N3O2S3/c1-9-6-19-11(4-13-2)12(9)20(16,17)15(3)5-10-7-18-8-14-10/h6-8,13H,4-5H2,1-3H3. The lowest BCUT2D eigenvalue weighted by atomic mass is 10.3. The van der Waals surface area contributed by atoms with Gasteiger partial charge in [0, 0.05) is 23.8 Å². The minimum atomic E-state index is -3.49. The first-order valence-corrected chi connectivity index (χ1v) is 9.28. The zero-order chi connectivity index (χ0) is 14.8. The molecular formula is C12H17N3O2S3. The highest BCUT2D eigenvalue weighted by atomic mass is 32.2. The average molecular weight is 331 g/mol. The highest BCUT2D eigenvalue weighted by molar-refractivity contribution is 7.89. The van der Waals surface area contributed by atoms with Gasteiger partial charge in [-0.15, -0.1) is 22.7 Å². The number of hydrogen-bond donors (Lipinski definition) is 1. The van der Waals surface area contributed by atoms with Crippen molar-refractivity contribution >= 4 is 32.7 Å². The number of rotatable bonds is 6. The molecule has 0 saturated carbocycles. The predicted octanol–water partition coefficient (Wildman–Crippen LogP) is 2.05. The maximum atomic E-state index is 12.7. The summed E-state index contributed by atoms with van der Waals surface area (Å²) in [6.45, 7) is 2.68. The van der Waals surface area contributed by atoms with Crippen molar-refractivity contribution in [2.75, 3.05) is 14.1 Å². The van der Waals surface area contributed by atoms with Gasteiger partial charge in [-0.25, -0.2) is 13.4 Å². The molecule has 0 aliphatic rings. The molecule has 2 heterocycles. The van der Waals surface area contributed by atoms with E-state index < -0.39 is 10.0 Å². The Hall–Kier alpha value is -0.800. The second-order valence-electron chi connectivity index (χ2n) is 4.44. The first kappa shape index (κ1) is 15.6. The summed E-state index contributed by atoms with van der Waals surface area (Å²) in [7, 11) is -0.0847. The molecule has 8 heteroatoms. The SMILES string of the molecule is CNCc1scc(C)c1S(=O)(=O)N(C)Cc1cscn1. The zero-order valence-corrected chi connectivity index (χ0v) is 14.0. The first-order chi connectivity index (χ1) is 9.46. The molecule has 0 radical (unpaired) electrons. The number of aromatic nitrogens is 1. The summed E-state index contributed by atoms with van der Waals surface area (Å²) in [4.78, 5) is 5.40. The van der Waals surface area contributed by atoms with Crippen LogP contribution in [0.4, 0.5) is 0 Å². The summed E-state index contributed by atoms with van der Waals surface area (Å²) in [5.41, 5.74) is 3.27. The zero-order valence-electron chi connectivity index (χ0n) is 11.6. The number of nitrogens with one attached hydrogen (secondary N) is 1. The predicted molar refractivity (Wildman–Crippen MR) is 82.6 cm³/mol. The van der Waals surface area contributed by atoms with Gasteiger partial charge in [0.1, 0.15) is 4.90 Å². The quantitative estimate of drug-likeness (QED) is 0.880. The lowest BCUT2D eigenvalue weighted by Crippen LogP contribution is -2.28. The van der Waals surface area contributed by atoms with E-state index in [0.717, 1.165) is 16.1 Å². The van der Waals surface area contributed by atoms with Crippen LogP contribution in [0.5, 0.6) is 0 Å². The van der Waals surface area contributed by atoms with E-state index in [1.54, 1.807) is 12.6 Å². The number of hydrogen-bond acceptors (Lipinski definition) is 6. The number of thiazole rings is 1. The summed E-state index contributed by atoms with van der Waals surface area (Å²) in [5, 5.41) is 6.76. The largest absolute Gasteiger partial charge is 0.315 e. The summed E-state index contributed by atoms with van der Waals surface area (Å²) >= 11 is 2.93. The Labute approximate surface area is 127 Å². The Morgan fingerprint density at radius 3 is 2.75 bits per heavy atom. The van der Waals surface area contributed by atoms with Gasteiger partial charge < -0.3 is 5.32 Å². The van der Waals surface area contributed by atoms with Crippen LogP contribution in [0.2, 0.25) is 0 Å². The van der Waals surface area contributed by atoms with Crippen molar-refractivity contribution in [3.63, 3.8) is 0 Å². The van der Waals surface area contributed by atoms with Crippen molar-refractivity contribution < 1.29 is 8.42 Å². The van der Waals surface area contributed by atoms with Gasteiger partial charge in [-0.1, -0.05) is 0 Å². The number of nitrogens with zero attached hydrogens (tertiary/aromatic N) is 2. The fourth-order valence-corrected chi connectivity index (χ4v) is 5.36. The third-order valence-corrected chi connectivity index (χ3v) is 6.77. The smallest absolute Gasteiger partial charge is 0.244 e. The van der Waals surface area contributed by atoms with Gasteiger partial charge in [0.25, 0.3) is 0 Å². The Morgan fingerprint density at radius 2 is 2.15 bits per heavy atom. The van der Waals surface area contributed by atoms with E-state index in [1.165, 1.54) is 27.0 Å². The minimum absolute atomic E-state index is 0.292. The average Bonchev–Trinajstić information content (AvgIpc) is 3.00. The van der Waals surface area contributed by atoms with Gasteiger partial charge in [-0.2, -0.15) is 4.31 Å². The monoisotopic (exact) mass is 331 g/mol. The van der Waals surface area contributed by atoms with Crippen LogP contribution in [-0.4, -0.2) is 31.8 Å². The van der Waals surface area contributed by atoms with Crippen LogP contribution < -0.4 is 5.32 Å². The summed E-state index contributed by atoms with van der Waals surface area (Å²) < 4.78 is 26.8. The first-order valence-electron chi connectivity index (χ1n) is 6.01. The van der Waals surface area contributed by atoms with Crippen molar-refractivity contribution in [2.24, 2.45) is 0 Å². The molecule has 0 spiro atoms. The lowest BCUT2D eigenvalue weighted by molar-refractivity contribution is 0.462. The lowest BCUT2D eigenvalue weighted by Gasteiger charge is -2.17.